The van der Waals surface area contributed by atoms with Gasteiger partial charge >= 0.3 is 11.9 Å². The van der Waals surface area contributed by atoms with E-state index in [4.69, 9.17) is 4.74 Å². The molecule has 5 nitrogen and oxygen atoms in total. The van der Waals surface area contributed by atoms with Crippen molar-refractivity contribution in [1.82, 2.24) is 0 Å². The summed E-state index contributed by atoms with van der Waals surface area (Å²) in [5.41, 5.74) is 0. The Morgan fingerprint density at radius 3 is 2.39 bits per heavy atom. The van der Waals surface area contributed by atoms with Gasteiger partial charge in [0.25, 0.3) is 0 Å². The van der Waals surface area contributed by atoms with Crippen LogP contribution in [0, 0.1) is 11.8 Å². The van der Waals surface area contributed by atoms with Crippen LogP contribution in [0.1, 0.15) is 12.8 Å². The molecule has 0 aromatic heterocycles. The van der Waals surface area contributed by atoms with Crippen molar-refractivity contribution in [1.29, 1.82) is 0 Å². The minimum Gasteiger partial charge on any atom is -0.498 e. The minimum absolute atomic E-state index is 0.268. The summed E-state index contributed by atoms with van der Waals surface area (Å²) in [6.45, 7) is 3.67. The predicted octanol–water partition coefficient (Wildman–Crippen LogP) is 1.44. The van der Waals surface area contributed by atoms with Gasteiger partial charge in [-0.25, -0.2) is 0 Å². The molecule has 0 radical (unpaired) electrons. The number of ether oxygens (including phenoxy) is 3. The van der Waals surface area contributed by atoms with Gasteiger partial charge in [0, 0.05) is 5.92 Å². The Morgan fingerprint density at radius 1 is 1.39 bits per heavy atom. The van der Waals surface area contributed by atoms with Crippen LogP contribution in [0.15, 0.2) is 25.0 Å². The van der Waals surface area contributed by atoms with Gasteiger partial charge in [-0.1, -0.05) is 6.08 Å². The predicted molar refractivity (Wildman–Crippen MR) is 64.5 cm³/mol. The number of methoxy groups -OCH3 is 2. The molecule has 1 heterocycles. The third-order valence-corrected chi connectivity index (χ3v) is 2.96. The molecular weight excluding hydrogens is 236 g/mol. The fourth-order valence-corrected chi connectivity index (χ4v) is 2.00. The first kappa shape index (κ1) is 14.3. The molecule has 0 amide bonds. The van der Waals surface area contributed by atoms with E-state index < -0.39 is 23.8 Å². The van der Waals surface area contributed by atoms with Crippen molar-refractivity contribution in [2.75, 3.05) is 14.2 Å². The molecule has 0 aromatic carbocycles. The summed E-state index contributed by atoms with van der Waals surface area (Å²) in [4.78, 5) is 23.4. The van der Waals surface area contributed by atoms with E-state index in [0.717, 1.165) is 12.8 Å². The number of rotatable bonds is 5. The van der Waals surface area contributed by atoms with E-state index in [1.165, 1.54) is 14.2 Å². The van der Waals surface area contributed by atoms with Gasteiger partial charge in [0.2, 0.25) is 0 Å². The van der Waals surface area contributed by atoms with E-state index >= 15 is 0 Å². The average Bonchev–Trinajstić information content (AvgIpc) is 2.44. The second-order valence-corrected chi connectivity index (χ2v) is 3.96. The smallest absolute Gasteiger partial charge is 0.320 e. The van der Waals surface area contributed by atoms with Crippen molar-refractivity contribution in [3.05, 3.63) is 25.0 Å². The van der Waals surface area contributed by atoms with Crippen molar-refractivity contribution >= 4 is 11.9 Å². The highest BCUT2D eigenvalue weighted by Gasteiger charge is 2.40. The lowest BCUT2D eigenvalue weighted by Crippen LogP contribution is -2.39. The lowest BCUT2D eigenvalue weighted by atomic mass is 9.85. The van der Waals surface area contributed by atoms with Crippen molar-refractivity contribution in [3.63, 3.8) is 0 Å². The Balaban J connectivity index is 2.92. The second-order valence-electron chi connectivity index (χ2n) is 3.96. The number of allylic oxidation sites excluding steroid dienone is 1. The summed E-state index contributed by atoms with van der Waals surface area (Å²) >= 11 is 0. The summed E-state index contributed by atoms with van der Waals surface area (Å²) in [6, 6.07) is 0. The number of esters is 2. The molecule has 0 bridgehead atoms. The van der Waals surface area contributed by atoms with Crippen LogP contribution in [-0.4, -0.2) is 32.3 Å². The molecule has 0 aliphatic carbocycles. The highest BCUT2D eigenvalue weighted by atomic mass is 16.5. The Hall–Kier alpha value is -1.78. The maximum absolute atomic E-state index is 11.7. The van der Waals surface area contributed by atoms with E-state index in [1.54, 1.807) is 12.3 Å². The first-order valence-electron chi connectivity index (χ1n) is 5.74. The van der Waals surface area contributed by atoms with Crippen molar-refractivity contribution in [2.24, 2.45) is 11.8 Å². The quantitative estimate of drug-likeness (QED) is 0.422. The maximum atomic E-state index is 11.7. The standard InChI is InChI=1S/C13H18O5/c1-4-9(10-7-5-6-8-18-10)11(12(14)16-2)13(15)17-3/h4,6,8-11H,1,5,7H2,2-3H3. The third kappa shape index (κ3) is 3.12. The number of carbonyl (C=O) groups is 2. The Labute approximate surface area is 106 Å². The molecule has 0 spiro atoms. The van der Waals surface area contributed by atoms with Gasteiger partial charge in [-0.2, -0.15) is 0 Å². The summed E-state index contributed by atoms with van der Waals surface area (Å²) < 4.78 is 14.7. The van der Waals surface area contributed by atoms with Gasteiger partial charge in [-0.15, -0.1) is 6.58 Å². The molecule has 2 unspecified atom stereocenters. The van der Waals surface area contributed by atoms with Gasteiger partial charge in [0.15, 0.2) is 5.92 Å². The van der Waals surface area contributed by atoms with Gasteiger partial charge < -0.3 is 14.2 Å². The zero-order chi connectivity index (χ0) is 13.5. The molecule has 0 saturated heterocycles. The molecule has 2 atom stereocenters. The fourth-order valence-electron chi connectivity index (χ4n) is 2.00. The fraction of sp³-hybridized carbons (Fsp3) is 0.538. The van der Waals surface area contributed by atoms with Gasteiger partial charge in [-0.3, -0.25) is 9.59 Å². The second kappa shape index (κ2) is 6.83. The molecule has 0 aromatic rings. The maximum Gasteiger partial charge on any atom is 0.320 e. The first-order chi connectivity index (χ1) is 8.65. The van der Waals surface area contributed by atoms with Crippen LogP contribution >= 0.6 is 0 Å². The topological polar surface area (TPSA) is 61.8 Å². The van der Waals surface area contributed by atoms with E-state index in [9.17, 15) is 9.59 Å². The van der Waals surface area contributed by atoms with E-state index in [-0.39, 0.29) is 6.10 Å². The van der Waals surface area contributed by atoms with Crippen LogP contribution in [0.5, 0.6) is 0 Å². The number of hydrogen-bond donors (Lipinski definition) is 0. The lowest BCUT2D eigenvalue weighted by molar-refractivity contribution is -0.162. The van der Waals surface area contributed by atoms with Gasteiger partial charge in [0.1, 0.15) is 6.10 Å². The van der Waals surface area contributed by atoms with Crippen LogP contribution in [0.3, 0.4) is 0 Å². The zero-order valence-corrected chi connectivity index (χ0v) is 10.6. The van der Waals surface area contributed by atoms with E-state index in [0.29, 0.717) is 0 Å². The SMILES string of the molecule is C=CC(C1CCC=CO1)C(C(=O)OC)C(=O)OC. The Kier molecular flexibility index (Phi) is 5.42. The molecule has 1 aliphatic heterocycles. The summed E-state index contributed by atoms with van der Waals surface area (Å²) in [6.07, 6.45) is 6.30. The summed E-state index contributed by atoms with van der Waals surface area (Å²) in [5, 5.41) is 0. The third-order valence-electron chi connectivity index (χ3n) is 2.96. The summed E-state index contributed by atoms with van der Waals surface area (Å²) in [7, 11) is 2.47. The number of hydrogen-bond acceptors (Lipinski definition) is 5. The normalized spacial score (nSPS) is 19.8. The van der Waals surface area contributed by atoms with E-state index in [2.05, 4.69) is 16.1 Å². The molecular formula is C13H18O5. The highest BCUT2D eigenvalue weighted by Crippen LogP contribution is 2.27. The molecule has 0 saturated carbocycles. The monoisotopic (exact) mass is 254 g/mol. The summed E-state index contributed by atoms with van der Waals surface area (Å²) in [5.74, 6) is -2.77. The van der Waals surface area contributed by atoms with Crippen molar-refractivity contribution in [3.8, 4) is 0 Å². The van der Waals surface area contributed by atoms with Crippen LogP contribution < -0.4 is 0 Å². The van der Waals surface area contributed by atoms with Gasteiger partial charge in [-0.05, 0) is 18.9 Å². The van der Waals surface area contributed by atoms with Crippen molar-refractivity contribution < 1.29 is 23.8 Å². The average molecular weight is 254 g/mol. The van der Waals surface area contributed by atoms with E-state index in [1.807, 2.05) is 6.08 Å². The van der Waals surface area contributed by atoms with Crippen LogP contribution in [0.2, 0.25) is 0 Å². The van der Waals surface area contributed by atoms with Gasteiger partial charge in [0.05, 0.1) is 20.5 Å². The molecule has 5 heteroatoms. The molecule has 18 heavy (non-hydrogen) atoms. The lowest BCUT2D eigenvalue weighted by Gasteiger charge is -2.29. The molecule has 1 rings (SSSR count). The molecule has 0 N–H and O–H groups in total. The first-order valence-corrected chi connectivity index (χ1v) is 5.74. The van der Waals surface area contributed by atoms with Crippen LogP contribution in [0.25, 0.3) is 0 Å². The minimum atomic E-state index is -1.03. The van der Waals surface area contributed by atoms with Crippen LogP contribution in [-0.2, 0) is 23.8 Å². The van der Waals surface area contributed by atoms with Crippen molar-refractivity contribution in [2.45, 2.75) is 18.9 Å². The largest absolute Gasteiger partial charge is 0.498 e. The number of carbonyl (C=O) groups excluding carboxylic acids is 2. The Morgan fingerprint density at radius 2 is 2.00 bits per heavy atom. The zero-order valence-electron chi connectivity index (χ0n) is 10.6. The Bertz CT molecular complexity index is 331. The molecule has 1 aliphatic rings. The highest BCUT2D eigenvalue weighted by molar-refractivity contribution is 5.95. The molecule has 100 valence electrons. The molecule has 0 fully saturated rings. The van der Waals surface area contributed by atoms with Crippen LogP contribution in [0.4, 0.5) is 0 Å².